The Balaban J connectivity index is 2.84. The summed E-state index contributed by atoms with van der Waals surface area (Å²) in [6.07, 6.45) is 2.13. The van der Waals surface area contributed by atoms with Crippen LogP contribution in [0.4, 0.5) is 0 Å². The van der Waals surface area contributed by atoms with Crippen molar-refractivity contribution in [1.82, 2.24) is 9.55 Å². The lowest BCUT2D eigenvalue weighted by Crippen LogP contribution is -2.07. The first-order chi connectivity index (χ1) is 8.90. The lowest BCUT2D eigenvalue weighted by atomic mass is 10.2. The van der Waals surface area contributed by atoms with Crippen LogP contribution in [0.15, 0.2) is 23.1 Å². The first-order valence-corrected chi connectivity index (χ1v) is 8.58. The van der Waals surface area contributed by atoms with Crippen LogP contribution in [0.25, 0.3) is 11.0 Å². The van der Waals surface area contributed by atoms with Crippen molar-refractivity contribution in [3.63, 3.8) is 0 Å². The first kappa shape index (κ1) is 14.3. The van der Waals surface area contributed by atoms with Crippen LogP contribution in [0.3, 0.4) is 0 Å². The monoisotopic (exact) mass is 300 g/mol. The normalized spacial score (nSPS) is 13.9. The number of benzene rings is 1. The second-order valence-electron chi connectivity index (χ2n) is 4.68. The van der Waals surface area contributed by atoms with Gasteiger partial charge in [0.05, 0.1) is 16.3 Å². The van der Waals surface area contributed by atoms with Crippen molar-refractivity contribution in [2.24, 2.45) is 0 Å². The summed E-state index contributed by atoms with van der Waals surface area (Å²) in [6, 6.07) is 5.45. The number of halogens is 1. The third-order valence-electron chi connectivity index (χ3n) is 3.31. The summed E-state index contributed by atoms with van der Waals surface area (Å²) < 4.78 is 25.7. The SMILES string of the molecule is CCC(C)n1c(CCl)nc2c(S(C)(=O)=O)cccc21. The molecule has 0 N–H and O–H groups in total. The fraction of sp³-hybridized carbons (Fsp3) is 0.462. The lowest BCUT2D eigenvalue weighted by molar-refractivity contribution is 0.530. The number of fused-ring (bicyclic) bond motifs is 1. The van der Waals surface area contributed by atoms with Crippen LogP contribution in [0, 0.1) is 0 Å². The quantitative estimate of drug-likeness (QED) is 0.815. The molecule has 0 aliphatic rings. The summed E-state index contributed by atoms with van der Waals surface area (Å²) in [5, 5.41) is 0. The van der Waals surface area contributed by atoms with Crippen molar-refractivity contribution in [2.75, 3.05) is 6.26 Å². The number of para-hydroxylation sites is 1. The fourth-order valence-electron chi connectivity index (χ4n) is 2.21. The van der Waals surface area contributed by atoms with E-state index >= 15 is 0 Å². The van der Waals surface area contributed by atoms with Gasteiger partial charge in [-0.3, -0.25) is 0 Å². The highest BCUT2D eigenvalue weighted by molar-refractivity contribution is 7.91. The predicted molar refractivity (Wildman–Crippen MR) is 77.4 cm³/mol. The third-order valence-corrected chi connectivity index (χ3v) is 4.67. The average Bonchev–Trinajstić information content (AvgIpc) is 2.74. The van der Waals surface area contributed by atoms with Crippen LogP contribution < -0.4 is 0 Å². The number of aromatic nitrogens is 2. The molecule has 0 radical (unpaired) electrons. The van der Waals surface area contributed by atoms with Crippen molar-refractivity contribution < 1.29 is 8.42 Å². The standard InChI is InChI=1S/C13H17ClN2O2S/c1-4-9(2)16-10-6-5-7-11(19(3,17)18)13(10)15-12(16)8-14/h5-7,9H,4,8H2,1-3H3. The summed E-state index contributed by atoms with van der Waals surface area (Å²) in [5.41, 5.74) is 1.34. The number of hydrogen-bond donors (Lipinski definition) is 0. The zero-order valence-electron chi connectivity index (χ0n) is 11.2. The van der Waals surface area contributed by atoms with Gasteiger partial charge in [-0.15, -0.1) is 11.6 Å². The van der Waals surface area contributed by atoms with E-state index in [0.29, 0.717) is 11.3 Å². The van der Waals surface area contributed by atoms with Gasteiger partial charge in [0.2, 0.25) is 0 Å². The Morgan fingerprint density at radius 1 is 1.42 bits per heavy atom. The Kier molecular flexibility index (Phi) is 3.87. The Bertz CT molecular complexity index is 707. The van der Waals surface area contributed by atoms with E-state index in [9.17, 15) is 8.42 Å². The van der Waals surface area contributed by atoms with Gasteiger partial charge in [-0.2, -0.15) is 0 Å². The number of rotatable bonds is 4. The van der Waals surface area contributed by atoms with E-state index in [1.165, 1.54) is 6.26 Å². The molecule has 1 heterocycles. The van der Waals surface area contributed by atoms with Gasteiger partial charge in [0, 0.05) is 12.3 Å². The van der Waals surface area contributed by atoms with Crippen LogP contribution in [0.2, 0.25) is 0 Å². The van der Waals surface area contributed by atoms with Crippen molar-refractivity contribution in [3.8, 4) is 0 Å². The van der Waals surface area contributed by atoms with Crippen LogP contribution in [-0.4, -0.2) is 24.2 Å². The van der Waals surface area contributed by atoms with Gasteiger partial charge in [-0.1, -0.05) is 13.0 Å². The molecule has 2 aromatic rings. The molecule has 6 heteroatoms. The van der Waals surface area contributed by atoms with Crippen molar-refractivity contribution >= 4 is 32.5 Å². The average molecular weight is 301 g/mol. The molecule has 0 amide bonds. The van der Waals surface area contributed by atoms with Gasteiger partial charge < -0.3 is 4.57 Å². The van der Waals surface area contributed by atoms with Crippen LogP contribution in [0.1, 0.15) is 32.1 Å². The summed E-state index contributed by atoms with van der Waals surface area (Å²) in [5.74, 6) is 0.976. The number of sulfone groups is 1. The Hall–Kier alpha value is -1.07. The number of imidazole rings is 1. The molecule has 104 valence electrons. The number of nitrogens with zero attached hydrogens (tertiary/aromatic N) is 2. The van der Waals surface area contributed by atoms with Crippen LogP contribution in [-0.2, 0) is 15.7 Å². The zero-order valence-corrected chi connectivity index (χ0v) is 12.8. The maximum absolute atomic E-state index is 11.8. The van der Waals surface area contributed by atoms with Crippen LogP contribution >= 0.6 is 11.6 Å². The summed E-state index contributed by atoms with van der Waals surface area (Å²) in [4.78, 5) is 4.68. The highest BCUT2D eigenvalue weighted by Gasteiger charge is 2.20. The minimum absolute atomic E-state index is 0.230. The molecule has 4 nitrogen and oxygen atoms in total. The molecule has 19 heavy (non-hydrogen) atoms. The molecule has 2 rings (SSSR count). The third kappa shape index (κ3) is 2.49. The van der Waals surface area contributed by atoms with Gasteiger partial charge in [0.25, 0.3) is 0 Å². The minimum Gasteiger partial charge on any atom is -0.324 e. The maximum Gasteiger partial charge on any atom is 0.177 e. The second kappa shape index (κ2) is 5.13. The number of alkyl halides is 1. The van der Waals surface area contributed by atoms with E-state index in [1.807, 2.05) is 10.6 Å². The zero-order chi connectivity index (χ0) is 14.2. The van der Waals surface area contributed by atoms with E-state index in [0.717, 1.165) is 11.9 Å². The molecule has 0 spiro atoms. The molecule has 1 atom stereocenters. The summed E-state index contributed by atoms with van der Waals surface area (Å²) in [6.45, 7) is 4.15. The topological polar surface area (TPSA) is 52.0 Å². The minimum atomic E-state index is -3.29. The lowest BCUT2D eigenvalue weighted by Gasteiger charge is -2.14. The van der Waals surface area contributed by atoms with E-state index in [4.69, 9.17) is 11.6 Å². The largest absolute Gasteiger partial charge is 0.324 e. The van der Waals surface area contributed by atoms with E-state index in [1.54, 1.807) is 12.1 Å². The molecule has 1 aromatic heterocycles. The maximum atomic E-state index is 11.8. The van der Waals surface area contributed by atoms with E-state index < -0.39 is 9.84 Å². The van der Waals surface area contributed by atoms with E-state index in [-0.39, 0.29) is 16.8 Å². The van der Waals surface area contributed by atoms with Crippen molar-refractivity contribution in [2.45, 2.75) is 37.1 Å². The highest BCUT2D eigenvalue weighted by atomic mass is 35.5. The Morgan fingerprint density at radius 2 is 2.11 bits per heavy atom. The molecule has 1 unspecified atom stereocenters. The molecule has 1 aromatic carbocycles. The van der Waals surface area contributed by atoms with Crippen molar-refractivity contribution in [1.29, 1.82) is 0 Å². The Labute approximate surface area is 118 Å². The highest BCUT2D eigenvalue weighted by Crippen LogP contribution is 2.28. The molecule has 0 saturated heterocycles. The fourth-order valence-corrected chi connectivity index (χ4v) is 3.22. The van der Waals surface area contributed by atoms with Gasteiger partial charge in [0.15, 0.2) is 9.84 Å². The predicted octanol–water partition coefficient (Wildman–Crippen LogP) is 3.15. The molecular weight excluding hydrogens is 284 g/mol. The molecule has 0 aliphatic heterocycles. The molecule has 0 fully saturated rings. The molecular formula is C13H17ClN2O2S. The van der Waals surface area contributed by atoms with Gasteiger partial charge in [-0.05, 0) is 25.5 Å². The van der Waals surface area contributed by atoms with E-state index in [2.05, 4.69) is 18.8 Å². The number of hydrogen-bond acceptors (Lipinski definition) is 3. The van der Waals surface area contributed by atoms with Gasteiger partial charge in [0.1, 0.15) is 11.3 Å². The molecule has 0 bridgehead atoms. The smallest absolute Gasteiger partial charge is 0.177 e. The summed E-state index contributed by atoms with van der Waals surface area (Å²) >= 11 is 5.94. The van der Waals surface area contributed by atoms with Crippen molar-refractivity contribution in [3.05, 3.63) is 24.0 Å². The first-order valence-electron chi connectivity index (χ1n) is 6.16. The van der Waals surface area contributed by atoms with Gasteiger partial charge in [-0.25, -0.2) is 13.4 Å². The molecule has 0 aliphatic carbocycles. The summed E-state index contributed by atoms with van der Waals surface area (Å²) in [7, 11) is -3.29. The second-order valence-corrected chi connectivity index (χ2v) is 6.94. The Morgan fingerprint density at radius 3 is 2.63 bits per heavy atom. The van der Waals surface area contributed by atoms with Crippen LogP contribution in [0.5, 0.6) is 0 Å². The molecule has 0 saturated carbocycles. The van der Waals surface area contributed by atoms with Gasteiger partial charge >= 0.3 is 0 Å².